The summed E-state index contributed by atoms with van der Waals surface area (Å²) < 4.78 is 6.66. The zero-order valence-corrected chi connectivity index (χ0v) is 10.2. The Bertz CT molecular complexity index is 612. The molecule has 0 saturated heterocycles. The minimum absolute atomic E-state index is 0.0780. The Morgan fingerprint density at radius 3 is 2.88 bits per heavy atom. The fourth-order valence-electron chi connectivity index (χ4n) is 1.75. The Balaban J connectivity index is 2.57. The molecule has 0 N–H and O–H groups in total. The van der Waals surface area contributed by atoms with Crippen molar-refractivity contribution in [3.63, 3.8) is 0 Å². The minimum atomic E-state index is -0.391. The van der Waals surface area contributed by atoms with Gasteiger partial charge in [-0.1, -0.05) is 6.92 Å². The van der Waals surface area contributed by atoms with E-state index in [1.807, 2.05) is 6.92 Å². The molecule has 2 aromatic rings. The molecule has 17 heavy (non-hydrogen) atoms. The van der Waals surface area contributed by atoms with E-state index in [0.29, 0.717) is 23.2 Å². The van der Waals surface area contributed by atoms with Gasteiger partial charge in [0.1, 0.15) is 0 Å². The number of carbonyl (C=O) groups excluding carboxylic acids is 1. The molecule has 1 aromatic heterocycles. The molecule has 0 unspecified atom stereocenters. The fraction of sp³-hybridized carbons (Fsp3) is 0.333. The van der Waals surface area contributed by atoms with E-state index in [0.717, 1.165) is 6.42 Å². The lowest BCUT2D eigenvalue weighted by molar-refractivity contribution is 0.102. The number of rotatable bonds is 4. The van der Waals surface area contributed by atoms with Crippen LogP contribution in [-0.4, -0.2) is 16.2 Å². The van der Waals surface area contributed by atoms with Crippen LogP contribution in [0.15, 0.2) is 27.4 Å². The molecule has 2 rings (SSSR count). The normalized spacial score (nSPS) is 10.9. The van der Waals surface area contributed by atoms with Gasteiger partial charge in [0.15, 0.2) is 11.4 Å². The van der Waals surface area contributed by atoms with Gasteiger partial charge < -0.3 is 4.42 Å². The van der Waals surface area contributed by atoms with E-state index in [1.165, 1.54) is 0 Å². The Morgan fingerprint density at radius 2 is 2.24 bits per heavy atom. The Hall–Kier alpha value is -1.55. The highest BCUT2D eigenvalue weighted by molar-refractivity contribution is 6.30. The number of fused-ring (bicyclic) bond motifs is 1. The number of carbonyl (C=O) groups is 1. The fourth-order valence-corrected chi connectivity index (χ4v) is 1.91. The SMILES string of the molecule is CCCn1c(=O)oc2cc(C(=O)CCl)ccc21. The highest BCUT2D eigenvalue weighted by Crippen LogP contribution is 2.16. The molecule has 0 amide bonds. The van der Waals surface area contributed by atoms with E-state index >= 15 is 0 Å². The van der Waals surface area contributed by atoms with Gasteiger partial charge in [-0.3, -0.25) is 9.36 Å². The number of halogens is 1. The minimum Gasteiger partial charge on any atom is -0.408 e. The summed E-state index contributed by atoms with van der Waals surface area (Å²) in [5.74, 6) is -0.650. The second kappa shape index (κ2) is 4.75. The molecule has 0 saturated carbocycles. The van der Waals surface area contributed by atoms with Gasteiger partial charge in [-0.2, -0.15) is 0 Å². The molecule has 90 valence electrons. The van der Waals surface area contributed by atoms with E-state index in [9.17, 15) is 9.59 Å². The van der Waals surface area contributed by atoms with Crippen LogP contribution in [0.4, 0.5) is 0 Å². The van der Waals surface area contributed by atoms with Crippen molar-refractivity contribution in [1.29, 1.82) is 0 Å². The second-order valence-electron chi connectivity index (χ2n) is 3.76. The van der Waals surface area contributed by atoms with Crippen LogP contribution in [0.25, 0.3) is 11.1 Å². The van der Waals surface area contributed by atoms with Crippen molar-refractivity contribution in [2.24, 2.45) is 0 Å². The maximum absolute atomic E-state index is 11.6. The number of oxazole rings is 1. The van der Waals surface area contributed by atoms with Crippen molar-refractivity contribution < 1.29 is 9.21 Å². The lowest BCUT2D eigenvalue weighted by Gasteiger charge is -1.99. The Morgan fingerprint density at radius 1 is 1.47 bits per heavy atom. The summed E-state index contributed by atoms with van der Waals surface area (Å²) in [7, 11) is 0. The predicted octanol–water partition coefficient (Wildman–Crippen LogP) is 2.43. The predicted molar refractivity (Wildman–Crippen MR) is 65.8 cm³/mol. The molecule has 0 bridgehead atoms. The Kier molecular flexibility index (Phi) is 3.33. The number of Topliss-reactive ketones (excluding diaryl/α,β-unsaturated/α-hetero) is 1. The average Bonchev–Trinajstić information content (AvgIpc) is 2.64. The van der Waals surface area contributed by atoms with Crippen molar-refractivity contribution in [1.82, 2.24) is 4.57 Å². The molecular weight excluding hydrogens is 242 g/mol. The first-order chi connectivity index (χ1) is 8.17. The van der Waals surface area contributed by atoms with Gasteiger partial charge >= 0.3 is 5.76 Å². The highest BCUT2D eigenvalue weighted by Gasteiger charge is 2.11. The van der Waals surface area contributed by atoms with Crippen molar-refractivity contribution >= 4 is 28.5 Å². The zero-order chi connectivity index (χ0) is 12.4. The molecule has 5 heteroatoms. The van der Waals surface area contributed by atoms with Gasteiger partial charge in [-0.15, -0.1) is 11.6 Å². The van der Waals surface area contributed by atoms with Gasteiger partial charge in [0.2, 0.25) is 0 Å². The monoisotopic (exact) mass is 253 g/mol. The van der Waals surface area contributed by atoms with Gasteiger partial charge in [-0.05, 0) is 24.6 Å². The third-order valence-corrected chi connectivity index (χ3v) is 2.80. The van der Waals surface area contributed by atoms with E-state index in [4.69, 9.17) is 16.0 Å². The number of aromatic nitrogens is 1. The number of benzene rings is 1. The van der Waals surface area contributed by atoms with Crippen molar-refractivity contribution in [2.45, 2.75) is 19.9 Å². The average molecular weight is 254 g/mol. The zero-order valence-electron chi connectivity index (χ0n) is 9.40. The van der Waals surface area contributed by atoms with Crippen LogP contribution >= 0.6 is 11.6 Å². The third kappa shape index (κ3) is 2.13. The van der Waals surface area contributed by atoms with Crippen LogP contribution in [0.5, 0.6) is 0 Å². The number of hydrogen-bond acceptors (Lipinski definition) is 3. The van der Waals surface area contributed by atoms with Crippen molar-refractivity contribution in [3.8, 4) is 0 Å². The number of hydrogen-bond donors (Lipinski definition) is 0. The third-order valence-electron chi connectivity index (χ3n) is 2.56. The van der Waals surface area contributed by atoms with Gasteiger partial charge in [-0.25, -0.2) is 4.79 Å². The maximum Gasteiger partial charge on any atom is 0.419 e. The quantitative estimate of drug-likeness (QED) is 0.621. The van der Waals surface area contributed by atoms with Gasteiger partial charge in [0.25, 0.3) is 0 Å². The van der Waals surface area contributed by atoms with E-state index in [2.05, 4.69) is 0 Å². The van der Waals surface area contributed by atoms with Crippen molar-refractivity contribution in [2.75, 3.05) is 5.88 Å². The van der Waals surface area contributed by atoms with Crippen LogP contribution in [0, 0.1) is 0 Å². The van der Waals surface area contributed by atoms with Crippen LogP contribution < -0.4 is 5.76 Å². The first kappa shape index (κ1) is 11.9. The summed E-state index contributed by atoms with van der Waals surface area (Å²) in [5.41, 5.74) is 1.60. The first-order valence-electron chi connectivity index (χ1n) is 5.40. The van der Waals surface area contributed by atoms with Crippen LogP contribution in [0.2, 0.25) is 0 Å². The molecule has 0 aliphatic rings. The molecular formula is C12H12ClNO3. The summed E-state index contributed by atoms with van der Waals surface area (Å²) >= 11 is 5.48. The van der Waals surface area contributed by atoms with Crippen LogP contribution in [0.1, 0.15) is 23.7 Å². The summed E-state index contributed by atoms with van der Waals surface area (Å²) in [6.07, 6.45) is 0.844. The largest absolute Gasteiger partial charge is 0.419 e. The first-order valence-corrected chi connectivity index (χ1v) is 5.93. The number of aryl methyl sites for hydroxylation is 1. The smallest absolute Gasteiger partial charge is 0.408 e. The number of nitrogens with zero attached hydrogens (tertiary/aromatic N) is 1. The van der Waals surface area contributed by atoms with E-state index < -0.39 is 5.76 Å². The molecule has 4 nitrogen and oxygen atoms in total. The molecule has 0 fully saturated rings. The lowest BCUT2D eigenvalue weighted by atomic mass is 10.1. The van der Waals surface area contributed by atoms with E-state index in [-0.39, 0.29) is 11.7 Å². The van der Waals surface area contributed by atoms with E-state index in [1.54, 1.807) is 22.8 Å². The summed E-state index contributed by atoms with van der Waals surface area (Å²) in [5, 5.41) is 0. The molecule has 0 aliphatic heterocycles. The second-order valence-corrected chi connectivity index (χ2v) is 4.03. The summed E-state index contributed by atoms with van der Waals surface area (Å²) in [6.45, 7) is 2.59. The molecule has 0 aliphatic carbocycles. The standard InChI is InChI=1S/C12H12ClNO3/c1-2-5-14-9-4-3-8(10(15)7-13)6-11(9)17-12(14)16/h3-4,6H,2,5,7H2,1H3. The maximum atomic E-state index is 11.6. The highest BCUT2D eigenvalue weighted by atomic mass is 35.5. The summed E-state index contributed by atoms with van der Waals surface area (Å²) in [6, 6.07) is 4.94. The summed E-state index contributed by atoms with van der Waals surface area (Å²) in [4.78, 5) is 23.0. The Labute approximate surface area is 103 Å². The molecule has 1 heterocycles. The van der Waals surface area contributed by atoms with Crippen LogP contribution in [0.3, 0.4) is 0 Å². The number of ketones is 1. The molecule has 0 radical (unpaired) electrons. The van der Waals surface area contributed by atoms with Crippen molar-refractivity contribution in [3.05, 3.63) is 34.3 Å². The van der Waals surface area contributed by atoms with Gasteiger partial charge in [0.05, 0.1) is 11.4 Å². The topological polar surface area (TPSA) is 52.2 Å². The molecule has 0 atom stereocenters. The lowest BCUT2D eigenvalue weighted by Crippen LogP contribution is -2.13. The van der Waals surface area contributed by atoms with Crippen LogP contribution in [-0.2, 0) is 6.54 Å². The molecule has 1 aromatic carbocycles. The van der Waals surface area contributed by atoms with Gasteiger partial charge in [0, 0.05) is 12.1 Å². The number of alkyl halides is 1. The molecule has 0 spiro atoms.